The maximum absolute atomic E-state index is 8.98. The molecule has 1 aromatic carbocycles. The third-order valence-corrected chi connectivity index (χ3v) is 2.75. The van der Waals surface area contributed by atoms with Gasteiger partial charge in [-0.1, -0.05) is 0 Å². The molecule has 0 fully saturated rings. The Balaban J connectivity index is 2.65. The summed E-state index contributed by atoms with van der Waals surface area (Å²) in [7, 11) is 0. The van der Waals surface area contributed by atoms with Crippen LogP contribution in [0.25, 0.3) is 11.0 Å². The molecule has 0 amide bonds. The van der Waals surface area contributed by atoms with E-state index in [1.54, 1.807) is 6.07 Å². The van der Waals surface area contributed by atoms with Crippen LogP contribution in [-0.2, 0) is 0 Å². The highest BCUT2D eigenvalue weighted by molar-refractivity contribution is 5.80. The van der Waals surface area contributed by atoms with Gasteiger partial charge in [-0.25, -0.2) is 4.98 Å². The van der Waals surface area contributed by atoms with Crippen molar-refractivity contribution in [1.82, 2.24) is 9.55 Å². The molecule has 1 heterocycles. The van der Waals surface area contributed by atoms with Crippen LogP contribution in [0.5, 0.6) is 0 Å². The number of nitriles is 1. The minimum absolute atomic E-state index is 0.296. The van der Waals surface area contributed by atoms with Gasteiger partial charge in [0, 0.05) is 12.1 Å². The number of anilines is 1. The molecule has 0 aliphatic rings. The first-order chi connectivity index (χ1) is 8.52. The first kappa shape index (κ1) is 12.4. The topological polar surface area (TPSA) is 53.6 Å². The van der Waals surface area contributed by atoms with Crippen molar-refractivity contribution in [3.05, 3.63) is 23.8 Å². The molecule has 2 rings (SSSR count). The van der Waals surface area contributed by atoms with Crippen molar-refractivity contribution in [1.29, 1.82) is 5.26 Å². The molecule has 2 aromatic rings. The fraction of sp³-hybridized carbons (Fsp3) is 0.429. The summed E-state index contributed by atoms with van der Waals surface area (Å²) >= 11 is 0. The lowest BCUT2D eigenvalue weighted by Crippen LogP contribution is -2.15. The van der Waals surface area contributed by atoms with Gasteiger partial charge in [-0.3, -0.25) is 0 Å². The van der Waals surface area contributed by atoms with Crippen molar-refractivity contribution >= 4 is 17.0 Å². The van der Waals surface area contributed by atoms with Gasteiger partial charge >= 0.3 is 0 Å². The molecule has 1 N–H and O–H groups in total. The summed E-state index contributed by atoms with van der Waals surface area (Å²) in [6.07, 6.45) is 0. The van der Waals surface area contributed by atoms with Gasteiger partial charge in [-0.05, 0) is 45.9 Å². The molecule has 0 atom stereocenters. The van der Waals surface area contributed by atoms with Crippen LogP contribution in [0.3, 0.4) is 0 Å². The lowest BCUT2D eigenvalue weighted by atomic mass is 10.2. The van der Waals surface area contributed by atoms with Crippen LogP contribution in [-0.4, -0.2) is 15.6 Å². The molecular formula is C14H18N4. The largest absolute Gasteiger partial charge is 0.353 e. The average Bonchev–Trinajstić information content (AvgIpc) is 2.64. The summed E-state index contributed by atoms with van der Waals surface area (Å²) in [6, 6.07) is 8.40. The van der Waals surface area contributed by atoms with Gasteiger partial charge in [-0.15, -0.1) is 0 Å². The van der Waals surface area contributed by atoms with Gasteiger partial charge < -0.3 is 9.88 Å². The van der Waals surface area contributed by atoms with Gasteiger partial charge in [0.2, 0.25) is 5.95 Å². The summed E-state index contributed by atoms with van der Waals surface area (Å²) in [5.74, 6) is 0.866. The highest BCUT2D eigenvalue weighted by atomic mass is 15.2. The summed E-state index contributed by atoms with van der Waals surface area (Å²) in [5, 5.41) is 12.3. The van der Waals surface area contributed by atoms with Crippen molar-refractivity contribution in [3.8, 4) is 6.07 Å². The molecule has 4 heteroatoms. The van der Waals surface area contributed by atoms with E-state index in [4.69, 9.17) is 5.26 Å². The normalized spacial score (nSPS) is 11.2. The Kier molecular flexibility index (Phi) is 3.24. The van der Waals surface area contributed by atoms with E-state index in [9.17, 15) is 0 Å². The van der Waals surface area contributed by atoms with Crippen molar-refractivity contribution in [2.24, 2.45) is 0 Å². The van der Waals surface area contributed by atoms with Crippen molar-refractivity contribution in [3.63, 3.8) is 0 Å². The lowest BCUT2D eigenvalue weighted by Gasteiger charge is -2.15. The van der Waals surface area contributed by atoms with Gasteiger partial charge in [0.1, 0.15) is 0 Å². The maximum atomic E-state index is 8.98. The molecule has 0 bridgehead atoms. The number of hydrogen-bond donors (Lipinski definition) is 1. The van der Waals surface area contributed by atoms with E-state index in [0.29, 0.717) is 17.6 Å². The summed E-state index contributed by atoms with van der Waals surface area (Å²) in [5.41, 5.74) is 2.60. The van der Waals surface area contributed by atoms with Gasteiger partial charge in [0.15, 0.2) is 0 Å². The first-order valence-electron chi connectivity index (χ1n) is 6.21. The second-order valence-corrected chi connectivity index (χ2v) is 5.01. The number of benzene rings is 1. The second-order valence-electron chi connectivity index (χ2n) is 5.01. The molecule has 4 nitrogen and oxygen atoms in total. The molecule has 94 valence electrons. The van der Waals surface area contributed by atoms with E-state index in [-0.39, 0.29) is 0 Å². The smallest absolute Gasteiger partial charge is 0.204 e. The fourth-order valence-electron chi connectivity index (χ4n) is 2.05. The van der Waals surface area contributed by atoms with E-state index >= 15 is 0 Å². The molecule has 0 saturated heterocycles. The van der Waals surface area contributed by atoms with Gasteiger partial charge in [0.05, 0.1) is 22.7 Å². The molecule has 18 heavy (non-hydrogen) atoms. The zero-order valence-corrected chi connectivity index (χ0v) is 11.2. The molecule has 0 aliphatic heterocycles. The maximum Gasteiger partial charge on any atom is 0.204 e. The van der Waals surface area contributed by atoms with E-state index in [0.717, 1.165) is 17.0 Å². The minimum atomic E-state index is 0.296. The second kappa shape index (κ2) is 4.69. The van der Waals surface area contributed by atoms with Crippen molar-refractivity contribution in [2.75, 3.05) is 5.32 Å². The van der Waals surface area contributed by atoms with E-state index in [2.05, 4.69) is 48.6 Å². The molecular weight excluding hydrogens is 224 g/mol. The van der Waals surface area contributed by atoms with E-state index in [1.165, 1.54) is 0 Å². The predicted molar refractivity (Wildman–Crippen MR) is 73.6 cm³/mol. The number of rotatable bonds is 3. The van der Waals surface area contributed by atoms with Crippen LogP contribution in [0.2, 0.25) is 0 Å². The van der Waals surface area contributed by atoms with Crippen LogP contribution in [0.4, 0.5) is 5.95 Å². The zero-order valence-electron chi connectivity index (χ0n) is 11.2. The highest BCUT2D eigenvalue weighted by Crippen LogP contribution is 2.25. The third kappa shape index (κ3) is 2.17. The van der Waals surface area contributed by atoms with Crippen LogP contribution < -0.4 is 5.32 Å². The fourth-order valence-corrected chi connectivity index (χ4v) is 2.05. The number of hydrogen-bond acceptors (Lipinski definition) is 3. The number of nitrogens with zero attached hydrogens (tertiary/aromatic N) is 3. The van der Waals surface area contributed by atoms with Crippen LogP contribution in [0.1, 0.15) is 39.3 Å². The number of nitrogens with one attached hydrogen (secondary N) is 1. The number of imidazole rings is 1. The molecule has 0 radical (unpaired) electrons. The average molecular weight is 242 g/mol. The number of aromatic nitrogens is 2. The predicted octanol–water partition coefficient (Wildman–Crippen LogP) is 3.31. The van der Waals surface area contributed by atoms with Gasteiger partial charge in [-0.2, -0.15) is 5.26 Å². The van der Waals surface area contributed by atoms with Crippen LogP contribution in [0, 0.1) is 11.3 Å². The molecule has 0 unspecified atom stereocenters. The minimum Gasteiger partial charge on any atom is -0.353 e. The SMILES string of the molecule is CC(C)Nc1nc2ccc(C#N)cc2n1C(C)C. The Morgan fingerprint density at radius 1 is 1.28 bits per heavy atom. The Morgan fingerprint density at radius 3 is 2.56 bits per heavy atom. The van der Waals surface area contributed by atoms with Crippen LogP contribution in [0.15, 0.2) is 18.2 Å². The molecule has 0 aliphatic carbocycles. The Hall–Kier alpha value is -2.02. The Morgan fingerprint density at radius 2 is 2.00 bits per heavy atom. The van der Waals surface area contributed by atoms with Crippen molar-refractivity contribution in [2.45, 2.75) is 39.8 Å². The molecule has 0 saturated carbocycles. The third-order valence-electron chi connectivity index (χ3n) is 2.75. The molecule has 1 aromatic heterocycles. The molecule has 0 spiro atoms. The highest BCUT2D eigenvalue weighted by Gasteiger charge is 2.14. The van der Waals surface area contributed by atoms with Gasteiger partial charge in [0.25, 0.3) is 0 Å². The quantitative estimate of drug-likeness (QED) is 0.898. The van der Waals surface area contributed by atoms with E-state index in [1.807, 2.05) is 12.1 Å². The summed E-state index contributed by atoms with van der Waals surface area (Å²) in [6.45, 7) is 8.41. The Bertz CT molecular complexity index is 602. The Labute approximate surface area is 107 Å². The standard InChI is InChI=1S/C14H18N4/c1-9(2)16-14-17-12-6-5-11(8-15)7-13(12)18(14)10(3)4/h5-7,9-10H,1-4H3,(H,16,17). The number of fused-ring (bicyclic) bond motifs is 1. The monoisotopic (exact) mass is 242 g/mol. The van der Waals surface area contributed by atoms with Crippen LogP contribution >= 0.6 is 0 Å². The van der Waals surface area contributed by atoms with E-state index < -0.39 is 0 Å². The summed E-state index contributed by atoms with van der Waals surface area (Å²) < 4.78 is 2.14. The lowest BCUT2D eigenvalue weighted by molar-refractivity contribution is 0.618. The van der Waals surface area contributed by atoms with Crippen molar-refractivity contribution < 1.29 is 0 Å². The summed E-state index contributed by atoms with van der Waals surface area (Å²) in [4.78, 5) is 4.59. The zero-order chi connectivity index (χ0) is 13.3. The first-order valence-corrected chi connectivity index (χ1v) is 6.21.